The maximum Gasteiger partial charge on any atom is 0.0879 e. The fourth-order valence-electron chi connectivity index (χ4n) is 1.64. The zero-order chi connectivity index (χ0) is 11.0. The largest absolute Gasteiger partial charge is 0.399 e. The minimum absolute atomic E-state index is 0.640. The maximum absolute atomic E-state index is 5.89. The molecule has 0 atom stereocenters. The molecule has 4 heteroatoms. The standard InChI is InChI=1S/C11H14N4/c1-7-5-8(2)15(14-7)11-4-3-9(12)6-10(11)13/h3-6H,12-13H2,1-2H3. The van der Waals surface area contributed by atoms with E-state index in [0.717, 1.165) is 17.1 Å². The highest BCUT2D eigenvalue weighted by Crippen LogP contribution is 2.21. The van der Waals surface area contributed by atoms with E-state index >= 15 is 0 Å². The highest BCUT2D eigenvalue weighted by molar-refractivity contribution is 5.64. The van der Waals surface area contributed by atoms with Crippen molar-refractivity contribution < 1.29 is 0 Å². The first-order valence-corrected chi connectivity index (χ1v) is 4.76. The van der Waals surface area contributed by atoms with E-state index < -0.39 is 0 Å². The Morgan fingerprint density at radius 2 is 1.87 bits per heavy atom. The van der Waals surface area contributed by atoms with Crippen molar-refractivity contribution in [2.75, 3.05) is 11.5 Å². The molecule has 0 radical (unpaired) electrons. The van der Waals surface area contributed by atoms with Crippen LogP contribution in [-0.2, 0) is 0 Å². The van der Waals surface area contributed by atoms with Crippen LogP contribution in [0.15, 0.2) is 24.3 Å². The Balaban J connectivity index is 2.59. The molecule has 4 nitrogen and oxygen atoms in total. The number of aromatic nitrogens is 2. The molecule has 2 aromatic rings. The quantitative estimate of drug-likeness (QED) is 0.691. The Bertz CT molecular complexity index is 499. The van der Waals surface area contributed by atoms with Gasteiger partial charge in [-0.25, -0.2) is 4.68 Å². The number of rotatable bonds is 1. The van der Waals surface area contributed by atoms with Gasteiger partial charge in [-0.2, -0.15) is 5.10 Å². The number of nitrogen functional groups attached to an aromatic ring is 2. The summed E-state index contributed by atoms with van der Waals surface area (Å²) in [6.45, 7) is 3.95. The summed E-state index contributed by atoms with van der Waals surface area (Å²) in [7, 11) is 0. The molecule has 2 rings (SSSR count). The lowest BCUT2D eigenvalue weighted by Crippen LogP contribution is -2.03. The monoisotopic (exact) mass is 202 g/mol. The summed E-state index contributed by atoms with van der Waals surface area (Å²) in [4.78, 5) is 0. The van der Waals surface area contributed by atoms with Crippen LogP contribution in [0.25, 0.3) is 5.69 Å². The Hall–Kier alpha value is -1.97. The van der Waals surface area contributed by atoms with Crippen molar-refractivity contribution in [2.45, 2.75) is 13.8 Å². The number of benzene rings is 1. The van der Waals surface area contributed by atoms with Gasteiger partial charge in [0, 0.05) is 11.4 Å². The summed E-state index contributed by atoms with van der Waals surface area (Å²) in [6.07, 6.45) is 0. The van der Waals surface area contributed by atoms with Crippen LogP contribution in [0, 0.1) is 13.8 Å². The average Bonchev–Trinajstić information content (AvgIpc) is 2.45. The van der Waals surface area contributed by atoms with Gasteiger partial charge in [0.25, 0.3) is 0 Å². The molecule has 0 bridgehead atoms. The molecular weight excluding hydrogens is 188 g/mol. The van der Waals surface area contributed by atoms with E-state index in [0.29, 0.717) is 11.4 Å². The molecule has 0 aliphatic heterocycles. The minimum Gasteiger partial charge on any atom is -0.399 e. The second-order valence-corrected chi connectivity index (χ2v) is 3.66. The molecule has 0 amide bonds. The number of nitrogens with two attached hydrogens (primary N) is 2. The van der Waals surface area contributed by atoms with E-state index in [9.17, 15) is 0 Å². The number of nitrogens with zero attached hydrogens (tertiary/aromatic N) is 2. The van der Waals surface area contributed by atoms with Gasteiger partial charge in [-0.15, -0.1) is 0 Å². The summed E-state index contributed by atoms with van der Waals surface area (Å²) in [5.41, 5.74) is 15.7. The molecule has 1 aromatic heterocycles. The topological polar surface area (TPSA) is 69.9 Å². The second kappa shape index (κ2) is 3.31. The summed E-state index contributed by atoms with van der Waals surface area (Å²) in [5.74, 6) is 0. The SMILES string of the molecule is Cc1cc(C)n(-c2ccc(N)cc2N)n1. The second-order valence-electron chi connectivity index (χ2n) is 3.66. The van der Waals surface area contributed by atoms with Crippen LogP contribution in [-0.4, -0.2) is 9.78 Å². The third kappa shape index (κ3) is 1.66. The normalized spacial score (nSPS) is 10.5. The Morgan fingerprint density at radius 1 is 1.13 bits per heavy atom. The van der Waals surface area contributed by atoms with Gasteiger partial charge in [0.1, 0.15) is 0 Å². The van der Waals surface area contributed by atoms with Gasteiger partial charge in [-0.05, 0) is 38.1 Å². The fourth-order valence-corrected chi connectivity index (χ4v) is 1.64. The summed E-state index contributed by atoms with van der Waals surface area (Å²) < 4.78 is 1.82. The van der Waals surface area contributed by atoms with Crippen molar-refractivity contribution in [2.24, 2.45) is 0 Å². The molecule has 0 spiro atoms. The van der Waals surface area contributed by atoms with Crippen molar-refractivity contribution in [1.29, 1.82) is 0 Å². The predicted molar refractivity (Wildman–Crippen MR) is 61.9 cm³/mol. The molecule has 0 aliphatic carbocycles. The molecule has 1 aromatic carbocycles. The minimum atomic E-state index is 0.640. The number of anilines is 2. The lowest BCUT2D eigenvalue weighted by molar-refractivity contribution is 0.836. The lowest BCUT2D eigenvalue weighted by Gasteiger charge is -2.08. The van der Waals surface area contributed by atoms with Gasteiger partial charge in [0.15, 0.2) is 0 Å². The van der Waals surface area contributed by atoms with Crippen molar-refractivity contribution in [3.05, 3.63) is 35.7 Å². The van der Waals surface area contributed by atoms with E-state index in [-0.39, 0.29) is 0 Å². The van der Waals surface area contributed by atoms with Crippen molar-refractivity contribution in [3.8, 4) is 5.69 Å². The third-order valence-electron chi connectivity index (χ3n) is 2.29. The van der Waals surface area contributed by atoms with Crippen LogP contribution >= 0.6 is 0 Å². The summed E-state index contributed by atoms with van der Waals surface area (Å²) in [5, 5.41) is 4.37. The molecule has 0 unspecified atom stereocenters. The van der Waals surface area contributed by atoms with Crippen LogP contribution in [0.3, 0.4) is 0 Å². The molecule has 78 valence electrons. The number of hydrogen-bond acceptors (Lipinski definition) is 3. The Labute approximate surface area is 88.5 Å². The Kier molecular flexibility index (Phi) is 2.11. The van der Waals surface area contributed by atoms with Gasteiger partial charge < -0.3 is 11.5 Å². The van der Waals surface area contributed by atoms with Gasteiger partial charge in [0.2, 0.25) is 0 Å². The number of hydrogen-bond donors (Lipinski definition) is 2. The van der Waals surface area contributed by atoms with Crippen LogP contribution in [0.2, 0.25) is 0 Å². The molecule has 0 saturated heterocycles. The van der Waals surface area contributed by atoms with E-state index in [4.69, 9.17) is 11.5 Å². The summed E-state index contributed by atoms with van der Waals surface area (Å²) in [6, 6.07) is 7.45. The van der Waals surface area contributed by atoms with Crippen LogP contribution in [0.4, 0.5) is 11.4 Å². The molecule has 4 N–H and O–H groups in total. The predicted octanol–water partition coefficient (Wildman–Crippen LogP) is 1.65. The van der Waals surface area contributed by atoms with Gasteiger partial charge in [0.05, 0.1) is 17.1 Å². The molecule has 0 aliphatic rings. The van der Waals surface area contributed by atoms with E-state index in [1.54, 1.807) is 6.07 Å². The molecule has 0 saturated carbocycles. The Morgan fingerprint density at radius 3 is 2.40 bits per heavy atom. The van der Waals surface area contributed by atoms with Gasteiger partial charge in [-0.1, -0.05) is 0 Å². The number of aryl methyl sites for hydroxylation is 2. The zero-order valence-electron chi connectivity index (χ0n) is 8.86. The third-order valence-corrected chi connectivity index (χ3v) is 2.29. The molecule has 15 heavy (non-hydrogen) atoms. The van der Waals surface area contributed by atoms with Gasteiger partial charge in [-0.3, -0.25) is 0 Å². The molecular formula is C11H14N4. The first kappa shape index (κ1) is 9.58. The lowest BCUT2D eigenvalue weighted by atomic mass is 10.2. The fraction of sp³-hybridized carbons (Fsp3) is 0.182. The zero-order valence-corrected chi connectivity index (χ0v) is 8.86. The van der Waals surface area contributed by atoms with Crippen molar-refractivity contribution in [3.63, 3.8) is 0 Å². The first-order chi connectivity index (χ1) is 7.08. The molecule has 1 heterocycles. The summed E-state index contributed by atoms with van der Waals surface area (Å²) >= 11 is 0. The molecule has 0 fully saturated rings. The van der Waals surface area contributed by atoms with E-state index in [1.165, 1.54) is 0 Å². The first-order valence-electron chi connectivity index (χ1n) is 4.76. The maximum atomic E-state index is 5.89. The van der Waals surface area contributed by atoms with E-state index in [2.05, 4.69) is 5.10 Å². The van der Waals surface area contributed by atoms with Crippen LogP contribution in [0.5, 0.6) is 0 Å². The van der Waals surface area contributed by atoms with Crippen molar-refractivity contribution in [1.82, 2.24) is 9.78 Å². The van der Waals surface area contributed by atoms with Crippen LogP contribution in [0.1, 0.15) is 11.4 Å². The van der Waals surface area contributed by atoms with Crippen LogP contribution < -0.4 is 11.5 Å². The van der Waals surface area contributed by atoms with Crippen molar-refractivity contribution >= 4 is 11.4 Å². The highest BCUT2D eigenvalue weighted by atomic mass is 15.3. The smallest absolute Gasteiger partial charge is 0.0879 e. The van der Waals surface area contributed by atoms with Gasteiger partial charge >= 0.3 is 0 Å². The van der Waals surface area contributed by atoms with E-state index in [1.807, 2.05) is 36.7 Å². The average molecular weight is 202 g/mol. The highest BCUT2D eigenvalue weighted by Gasteiger charge is 2.06.